The number of halogens is 2. The molecule has 0 aliphatic rings. The zero-order chi connectivity index (χ0) is 11.1. The molecular formula is C11H17Br2NS. The summed E-state index contributed by atoms with van der Waals surface area (Å²) in [5.41, 5.74) is 0. The molecule has 15 heavy (non-hydrogen) atoms. The maximum Gasteiger partial charge on any atom is 0.0843 e. The number of unbranched alkanes of at least 4 members (excludes halogenated alkanes) is 3. The summed E-state index contributed by atoms with van der Waals surface area (Å²) in [6.07, 6.45) is 6.51. The lowest BCUT2D eigenvalue weighted by molar-refractivity contribution is 0.618. The van der Waals surface area contributed by atoms with Crippen LogP contribution < -0.4 is 5.32 Å². The van der Waals surface area contributed by atoms with E-state index in [9.17, 15) is 0 Å². The van der Waals surface area contributed by atoms with E-state index in [1.54, 1.807) is 0 Å². The van der Waals surface area contributed by atoms with Crippen molar-refractivity contribution in [1.82, 2.24) is 5.32 Å². The van der Waals surface area contributed by atoms with Gasteiger partial charge in [0.1, 0.15) is 0 Å². The van der Waals surface area contributed by atoms with Gasteiger partial charge in [0, 0.05) is 9.35 Å². The lowest BCUT2D eigenvalue weighted by Crippen LogP contribution is -2.06. The van der Waals surface area contributed by atoms with Crippen molar-refractivity contribution in [3.8, 4) is 0 Å². The van der Waals surface area contributed by atoms with E-state index in [-0.39, 0.29) is 0 Å². The number of nitrogens with one attached hydrogen (secondary N) is 1. The van der Waals surface area contributed by atoms with Crippen molar-refractivity contribution < 1.29 is 0 Å². The molecule has 0 saturated heterocycles. The quantitative estimate of drug-likeness (QED) is 0.706. The summed E-state index contributed by atoms with van der Waals surface area (Å²) in [4.78, 5) is 1.47. The third-order valence-electron chi connectivity index (χ3n) is 2.30. The summed E-state index contributed by atoms with van der Waals surface area (Å²) < 4.78 is 2.41. The number of hydrogen-bond donors (Lipinski definition) is 1. The van der Waals surface area contributed by atoms with Crippen LogP contribution in [0.4, 0.5) is 0 Å². The van der Waals surface area contributed by atoms with Gasteiger partial charge < -0.3 is 5.32 Å². The second kappa shape index (κ2) is 7.82. The number of aryl methyl sites for hydroxylation is 1. The summed E-state index contributed by atoms with van der Waals surface area (Å²) in [6.45, 7) is 1.15. The minimum atomic E-state index is 1.15. The number of rotatable bonds is 7. The Labute approximate surface area is 113 Å². The molecule has 0 radical (unpaired) electrons. The van der Waals surface area contributed by atoms with Gasteiger partial charge in [-0.15, -0.1) is 11.3 Å². The molecular weight excluding hydrogens is 338 g/mol. The van der Waals surface area contributed by atoms with Gasteiger partial charge in [-0.1, -0.05) is 12.8 Å². The van der Waals surface area contributed by atoms with Crippen molar-refractivity contribution in [3.63, 3.8) is 0 Å². The molecule has 0 bridgehead atoms. The predicted molar refractivity (Wildman–Crippen MR) is 75.8 cm³/mol. The molecule has 0 fully saturated rings. The molecule has 0 amide bonds. The molecule has 0 aliphatic carbocycles. The topological polar surface area (TPSA) is 12.0 Å². The van der Waals surface area contributed by atoms with E-state index >= 15 is 0 Å². The summed E-state index contributed by atoms with van der Waals surface area (Å²) in [5.74, 6) is 0. The third-order valence-corrected chi connectivity index (χ3v) is 5.61. The van der Waals surface area contributed by atoms with Crippen LogP contribution in [0.3, 0.4) is 0 Å². The third kappa shape index (κ3) is 5.48. The van der Waals surface area contributed by atoms with E-state index in [4.69, 9.17) is 0 Å². The molecule has 86 valence electrons. The lowest BCUT2D eigenvalue weighted by Gasteiger charge is -1.99. The maximum atomic E-state index is 3.52. The summed E-state index contributed by atoms with van der Waals surface area (Å²) in [5, 5.41) is 3.18. The molecule has 1 rings (SSSR count). The lowest BCUT2D eigenvalue weighted by atomic mass is 10.1. The first-order valence-corrected chi connectivity index (χ1v) is 7.72. The molecule has 1 nitrogen and oxygen atoms in total. The Morgan fingerprint density at radius 2 is 1.93 bits per heavy atom. The molecule has 0 spiro atoms. The second-order valence-corrected chi connectivity index (χ2v) is 6.91. The standard InChI is InChI=1S/C11H17Br2NS/c1-14-7-5-3-2-4-6-9-8-10(12)11(13)15-9/h8,14H,2-7H2,1H3. The highest BCUT2D eigenvalue weighted by Crippen LogP contribution is 2.33. The molecule has 0 aromatic carbocycles. The van der Waals surface area contributed by atoms with Gasteiger partial charge >= 0.3 is 0 Å². The van der Waals surface area contributed by atoms with E-state index < -0.39 is 0 Å². The van der Waals surface area contributed by atoms with Crippen molar-refractivity contribution in [3.05, 3.63) is 19.2 Å². The van der Waals surface area contributed by atoms with Crippen LogP contribution in [0, 0.1) is 0 Å². The van der Waals surface area contributed by atoms with Crippen LogP contribution in [0.15, 0.2) is 14.3 Å². The number of hydrogen-bond acceptors (Lipinski definition) is 2. The molecule has 0 aliphatic heterocycles. The van der Waals surface area contributed by atoms with Gasteiger partial charge in [0.05, 0.1) is 3.79 Å². The van der Waals surface area contributed by atoms with Crippen LogP contribution in [0.1, 0.15) is 30.6 Å². The van der Waals surface area contributed by atoms with E-state index in [0.717, 1.165) is 6.54 Å². The van der Waals surface area contributed by atoms with Crippen LogP contribution in [0.25, 0.3) is 0 Å². The maximum absolute atomic E-state index is 3.52. The summed E-state index contributed by atoms with van der Waals surface area (Å²) in [7, 11) is 2.01. The van der Waals surface area contributed by atoms with E-state index in [2.05, 4.69) is 43.2 Å². The fourth-order valence-corrected chi connectivity index (χ4v) is 3.69. The molecule has 1 aromatic heterocycles. The monoisotopic (exact) mass is 353 g/mol. The highest BCUT2D eigenvalue weighted by molar-refractivity contribution is 9.13. The zero-order valence-electron chi connectivity index (χ0n) is 8.98. The number of thiophene rings is 1. The molecule has 4 heteroatoms. The first-order chi connectivity index (χ1) is 7.24. The first kappa shape index (κ1) is 13.7. The van der Waals surface area contributed by atoms with Gasteiger partial charge in [0.15, 0.2) is 0 Å². The Kier molecular flexibility index (Phi) is 7.14. The molecule has 0 saturated carbocycles. The summed E-state index contributed by atoms with van der Waals surface area (Å²) in [6, 6.07) is 2.22. The Morgan fingerprint density at radius 3 is 2.53 bits per heavy atom. The van der Waals surface area contributed by atoms with E-state index in [0.29, 0.717) is 0 Å². The molecule has 1 N–H and O–H groups in total. The first-order valence-electron chi connectivity index (χ1n) is 5.32. The van der Waals surface area contributed by atoms with Gasteiger partial charge in [-0.2, -0.15) is 0 Å². The Bertz CT molecular complexity index is 267. The molecule has 0 unspecified atom stereocenters. The molecule has 1 aromatic rings. The van der Waals surface area contributed by atoms with Crippen molar-refractivity contribution >= 4 is 43.2 Å². The predicted octanol–water partition coefficient (Wildman–Crippen LogP) is 4.60. The Hall–Kier alpha value is 0.620. The van der Waals surface area contributed by atoms with Gasteiger partial charge in [-0.25, -0.2) is 0 Å². The van der Waals surface area contributed by atoms with Crippen molar-refractivity contribution in [2.75, 3.05) is 13.6 Å². The van der Waals surface area contributed by atoms with E-state index in [1.165, 1.54) is 45.2 Å². The van der Waals surface area contributed by atoms with Gasteiger partial charge in [-0.3, -0.25) is 0 Å². The SMILES string of the molecule is CNCCCCCCc1cc(Br)c(Br)s1. The second-order valence-electron chi connectivity index (χ2n) is 3.60. The zero-order valence-corrected chi connectivity index (χ0v) is 13.0. The van der Waals surface area contributed by atoms with Crippen LogP contribution >= 0.6 is 43.2 Å². The average molecular weight is 355 g/mol. The minimum absolute atomic E-state index is 1.15. The van der Waals surface area contributed by atoms with Gasteiger partial charge in [0.2, 0.25) is 0 Å². The van der Waals surface area contributed by atoms with Gasteiger partial charge in [-0.05, 0) is 70.8 Å². The molecule has 1 heterocycles. The fraction of sp³-hybridized carbons (Fsp3) is 0.636. The minimum Gasteiger partial charge on any atom is -0.320 e. The van der Waals surface area contributed by atoms with Crippen LogP contribution in [0.5, 0.6) is 0 Å². The largest absolute Gasteiger partial charge is 0.320 e. The van der Waals surface area contributed by atoms with E-state index in [1.807, 2.05) is 18.4 Å². The van der Waals surface area contributed by atoms with Crippen LogP contribution in [0.2, 0.25) is 0 Å². The molecule has 0 atom stereocenters. The highest BCUT2D eigenvalue weighted by atomic mass is 79.9. The normalized spacial score (nSPS) is 10.9. The Morgan fingerprint density at radius 1 is 1.20 bits per heavy atom. The van der Waals surface area contributed by atoms with Crippen LogP contribution in [-0.4, -0.2) is 13.6 Å². The Balaban J connectivity index is 2.10. The fourth-order valence-electron chi connectivity index (χ4n) is 1.47. The van der Waals surface area contributed by atoms with Gasteiger partial charge in [0.25, 0.3) is 0 Å². The smallest absolute Gasteiger partial charge is 0.0843 e. The van der Waals surface area contributed by atoms with Crippen molar-refractivity contribution in [2.24, 2.45) is 0 Å². The summed E-state index contributed by atoms with van der Waals surface area (Å²) >= 11 is 8.88. The van der Waals surface area contributed by atoms with Crippen molar-refractivity contribution in [1.29, 1.82) is 0 Å². The highest BCUT2D eigenvalue weighted by Gasteiger charge is 2.03. The van der Waals surface area contributed by atoms with Crippen LogP contribution in [-0.2, 0) is 6.42 Å². The van der Waals surface area contributed by atoms with Crippen molar-refractivity contribution in [2.45, 2.75) is 32.1 Å². The average Bonchev–Trinajstić information content (AvgIpc) is 2.52.